The number of hydrogen-bond acceptors (Lipinski definition) is 5. The molecule has 2 fully saturated rings. The lowest BCUT2D eigenvalue weighted by atomic mass is 10.0. The van der Waals surface area contributed by atoms with E-state index in [4.69, 9.17) is 0 Å². The van der Waals surface area contributed by atoms with Gasteiger partial charge in [-0.25, -0.2) is 0 Å². The van der Waals surface area contributed by atoms with Crippen LogP contribution in [0.2, 0.25) is 0 Å². The van der Waals surface area contributed by atoms with Gasteiger partial charge >= 0.3 is 0 Å². The van der Waals surface area contributed by atoms with Crippen molar-refractivity contribution in [1.82, 2.24) is 20.4 Å². The first-order valence-corrected chi connectivity index (χ1v) is 9.75. The molecule has 1 aromatic rings. The van der Waals surface area contributed by atoms with Crippen molar-refractivity contribution in [3.63, 3.8) is 0 Å². The molecule has 0 radical (unpaired) electrons. The second-order valence-corrected chi connectivity index (χ2v) is 7.72. The smallest absolute Gasteiger partial charge is 0.255 e. The van der Waals surface area contributed by atoms with E-state index in [1.807, 2.05) is 12.1 Å². The fraction of sp³-hybridized carbons (Fsp3) is 0.550. The molecule has 144 valence electrons. The molecule has 3 amide bonds. The van der Waals surface area contributed by atoms with Gasteiger partial charge in [-0.2, -0.15) is 0 Å². The van der Waals surface area contributed by atoms with E-state index in [2.05, 4.69) is 28.5 Å². The zero-order valence-electron chi connectivity index (χ0n) is 15.7. The first kappa shape index (κ1) is 18.1. The summed E-state index contributed by atoms with van der Waals surface area (Å²) >= 11 is 0. The summed E-state index contributed by atoms with van der Waals surface area (Å²) in [5, 5.41) is 5.81. The number of fused-ring (bicyclic) bond motifs is 1. The predicted octanol–water partition coefficient (Wildman–Crippen LogP) is 0.631. The van der Waals surface area contributed by atoms with Crippen molar-refractivity contribution in [2.45, 2.75) is 51.4 Å². The van der Waals surface area contributed by atoms with Crippen LogP contribution in [0.4, 0.5) is 0 Å². The Hall–Kier alpha value is -2.25. The molecule has 27 heavy (non-hydrogen) atoms. The Labute approximate surface area is 159 Å². The monoisotopic (exact) mass is 370 g/mol. The molecule has 2 N–H and O–H groups in total. The lowest BCUT2D eigenvalue weighted by Crippen LogP contribution is -2.52. The highest BCUT2D eigenvalue weighted by Crippen LogP contribution is 2.30. The lowest BCUT2D eigenvalue weighted by molar-refractivity contribution is -0.136. The van der Waals surface area contributed by atoms with Gasteiger partial charge in [0.2, 0.25) is 11.8 Å². The van der Waals surface area contributed by atoms with Gasteiger partial charge in [0.15, 0.2) is 0 Å². The van der Waals surface area contributed by atoms with Gasteiger partial charge in [-0.3, -0.25) is 24.6 Å². The van der Waals surface area contributed by atoms with E-state index in [1.54, 1.807) is 4.90 Å². The number of piperidine rings is 1. The molecule has 7 nitrogen and oxygen atoms in total. The third-order valence-electron chi connectivity index (χ3n) is 5.91. The van der Waals surface area contributed by atoms with Gasteiger partial charge in [0.05, 0.1) is 0 Å². The summed E-state index contributed by atoms with van der Waals surface area (Å²) in [7, 11) is 0. The second-order valence-electron chi connectivity index (χ2n) is 7.72. The van der Waals surface area contributed by atoms with Crippen molar-refractivity contribution in [2.75, 3.05) is 19.6 Å². The highest BCUT2D eigenvalue weighted by atomic mass is 16.2. The molecule has 3 aliphatic heterocycles. The summed E-state index contributed by atoms with van der Waals surface area (Å²) in [6.07, 6.45) is 1.79. The summed E-state index contributed by atoms with van der Waals surface area (Å²) in [6.45, 7) is 6.51. The van der Waals surface area contributed by atoms with Crippen molar-refractivity contribution < 1.29 is 14.4 Å². The van der Waals surface area contributed by atoms with E-state index >= 15 is 0 Å². The summed E-state index contributed by atoms with van der Waals surface area (Å²) in [5.41, 5.74) is 2.87. The fourth-order valence-corrected chi connectivity index (χ4v) is 4.32. The van der Waals surface area contributed by atoms with Gasteiger partial charge in [-0.1, -0.05) is 12.1 Å². The average molecular weight is 370 g/mol. The molecule has 0 bridgehead atoms. The number of imide groups is 1. The van der Waals surface area contributed by atoms with Gasteiger partial charge in [0, 0.05) is 44.2 Å². The van der Waals surface area contributed by atoms with E-state index in [1.165, 1.54) is 0 Å². The minimum absolute atomic E-state index is 0.105. The number of nitrogens with one attached hydrogen (secondary N) is 2. The molecular formula is C20H26N4O3. The SMILES string of the molecule is C[C@@H]1CNCCCN1Cc1cccc2c1CN(C1CCC(=O)NC1=O)C2=O. The summed E-state index contributed by atoms with van der Waals surface area (Å²) in [6, 6.07) is 5.75. The minimum atomic E-state index is -0.559. The lowest BCUT2D eigenvalue weighted by Gasteiger charge is -2.29. The first-order valence-electron chi connectivity index (χ1n) is 9.75. The molecule has 0 aromatic heterocycles. The van der Waals surface area contributed by atoms with Gasteiger partial charge in [0.25, 0.3) is 5.91 Å². The van der Waals surface area contributed by atoms with Gasteiger partial charge < -0.3 is 10.2 Å². The van der Waals surface area contributed by atoms with Crippen LogP contribution in [0.3, 0.4) is 0 Å². The Bertz CT molecular complexity index is 778. The zero-order chi connectivity index (χ0) is 19.0. The van der Waals surface area contributed by atoms with Crippen LogP contribution < -0.4 is 10.6 Å². The van der Waals surface area contributed by atoms with Crippen LogP contribution in [0, 0.1) is 0 Å². The number of amides is 3. The van der Waals surface area contributed by atoms with Crippen molar-refractivity contribution >= 4 is 17.7 Å². The number of hydrogen-bond donors (Lipinski definition) is 2. The van der Waals surface area contributed by atoms with Crippen molar-refractivity contribution in [2.24, 2.45) is 0 Å². The molecular weight excluding hydrogens is 344 g/mol. The van der Waals surface area contributed by atoms with Crippen LogP contribution >= 0.6 is 0 Å². The van der Waals surface area contributed by atoms with Crippen molar-refractivity contribution in [1.29, 1.82) is 0 Å². The standard InChI is InChI=1S/C20H26N4O3/c1-13-10-21-8-3-9-23(13)11-14-4-2-5-15-16(14)12-24(20(15)27)17-6-7-18(25)22-19(17)26/h2,4-5,13,17,21H,3,6-12H2,1H3,(H,22,25,26)/t13-,17?/m1/s1. The number of carbonyl (C=O) groups is 3. The number of nitrogens with zero attached hydrogens (tertiary/aromatic N) is 2. The molecule has 2 saturated heterocycles. The maximum Gasteiger partial charge on any atom is 0.255 e. The number of benzene rings is 1. The van der Waals surface area contributed by atoms with Gasteiger partial charge in [-0.15, -0.1) is 0 Å². The molecule has 0 saturated carbocycles. The molecule has 0 aliphatic carbocycles. The van der Waals surface area contributed by atoms with E-state index in [0.29, 0.717) is 24.6 Å². The van der Waals surface area contributed by atoms with Crippen LogP contribution in [-0.4, -0.2) is 59.2 Å². The first-order chi connectivity index (χ1) is 13.0. The molecule has 4 rings (SSSR count). The molecule has 3 heterocycles. The average Bonchev–Trinajstić information content (AvgIpc) is 2.84. The van der Waals surface area contributed by atoms with Crippen LogP contribution in [0.15, 0.2) is 18.2 Å². The second kappa shape index (κ2) is 7.40. The van der Waals surface area contributed by atoms with Crippen LogP contribution in [-0.2, 0) is 22.7 Å². The maximum atomic E-state index is 12.9. The fourth-order valence-electron chi connectivity index (χ4n) is 4.32. The molecule has 2 atom stereocenters. The van der Waals surface area contributed by atoms with Crippen LogP contribution in [0.5, 0.6) is 0 Å². The third kappa shape index (κ3) is 3.49. The van der Waals surface area contributed by atoms with Gasteiger partial charge in [-0.05, 0) is 43.5 Å². The summed E-state index contributed by atoms with van der Waals surface area (Å²) < 4.78 is 0. The Morgan fingerprint density at radius 1 is 1.22 bits per heavy atom. The largest absolute Gasteiger partial charge is 0.322 e. The van der Waals surface area contributed by atoms with Crippen molar-refractivity contribution in [3.8, 4) is 0 Å². The summed E-state index contributed by atoms with van der Waals surface area (Å²) in [4.78, 5) is 40.7. The van der Waals surface area contributed by atoms with Gasteiger partial charge in [0.1, 0.15) is 6.04 Å². The molecule has 7 heteroatoms. The maximum absolute atomic E-state index is 12.9. The van der Waals surface area contributed by atoms with E-state index < -0.39 is 6.04 Å². The quantitative estimate of drug-likeness (QED) is 0.763. The topological polar surface area (TPSA) is 81.8 Å². The molecule has 1 aromatic carbocycles. The van der Waals surface area contributed by atoms with Crippen molar-refractivity contribution in [3.05, 3.63) is 34.9 Å². The Balaban J connectivity index is 1.55. The van der Waals surface area contributed by atoms with E-state index in [-0.39, 0.29) is 24.1 Å². The third-order valence-corrected chi connectivity index (χ3v) is 5.91. The molecule has 0 spiro atoms. The van der Waals surface area contributed by atoms with E-state index in [9.17, 15) is 14.4 Å². The van der Waals surface area contributed by atoms with E-state index in [0.717, 1.165) is 43.7 Å². The normalized spacial score (nSPS) is 26.7. The highest BCUT2D eigenvalue weighted by Gasteiger charge is 2.39. The Morgan fingerprint density at radius 2 is 2.07 bits per heavy atom. The molecule has 1 unspecified atom stereocenters. The Kier molecular flexibility index (Phi) is 4.97. The van der Waals surface area contributed by atoms with Crippen LogP contribution in [0.25, 0.3) is 0 Å². The zero-order valence-corrected chi connectivity index (χ0v) is 15.7. The predicted molar refractivity (Wildman–Crippen MR) is 99.8 cm³/mol. The summed E-state index contributed by atoms with van der Waals surface area (Å²) in [5.74, 6) is -0.724. The highest BCUT2D eigenvalue weighted by molar-refractivity contribution is 6.05. The minimum Gasteiger partial charge on any atom is -0.322 e. The Morgan fingerprint density at radius 3 is 2.89 bits per heavy atom. The van der Waals surface area contributed by atoms with Crippen LogP contribution in [0.1, 0.15) is 47.7 Å². The number of rotatable bonds is 3. The number of carbonyl (C=O) groups excluding carboxylic acids is 3. The molecule has 3 aliphatic rings.